The number of benzene rings is 1. The van der Waals surface area contributed by atoms with E-state index in [0.29, 0.717) is 10.5 Å². The highest BCUT2D eigenvalue weighted by atomic mass is 32.2. The van der Waals surface area contributed by atoms with Crippen LogP contribution in [0.3, 0.4) is 0 Å². The molecule has 2 heterocycles. The Labute approximate surface area is 152 Å². The van der Waals surface area contributed by atoms with Gasteiger partial charge >= 0.3 is 0 Å². The van der Waals surface area contributed by atoms with Gasteiger partial charge in [-0.05, 0) is 43.5 Å². The van der Waals surface area contributed by atoms with E-state index < -0.39 is 0 Å². The van der Waals surface area contributed by atoms with Crippen LogP contribution >= 0.6 is 23.5 Å². The highest BCUT2D eigenvalue weighted by Crippen LogP contribution is 2.35. The molecule has 2 atom stereocenters. The smallest absolute Gasteiger partial charge is 0.268 e. The SMILES string of the molecule is CC[C@@H](C)Sc1nc2c(c(=O)n1-c1cc(C)cc(C)c1)S[C@@H](C)C2. The zero-order chi connectivity index (χ0) is 17.4. The second-order valence-corrected chi connectivity index (χ2v) is 9.48. The van der Waals surface area contributed by atoms with Crippen LogP contribution in [0.15, 0.2) is 33.0 Å². The van der Waals surface area contributed by atoms with Crippen LogP contribution in [0.1, 0.15) is 44.0 Å². The maximum absolute atomic E-state index is 13.2. The molecule has 3 nitrogen and oxygen atoms in total. The topological polar surface area (TPSA) is 34.9 Å². The summed E-state index contributed by atoms with van der Waals surface area (Å²) in [5, 5.41) is 1.68. The maximum Gasteiger partial charge on any atom is 0.272 e. The van der Waals surface area contributed by atoms with E-state index in [1.54, 1.807) is 23.5 Å². The first kappa shape index (κ1) is 17.6. The van der Waals surface area contributed by atoms with Gasteiger partial charge in [0, 0.05) is 16.9 Å². The van der Waals surface area contributed by atoms with E-state index in [2.05, 4.69) is 52.8 Å². The van der Waals surface area contributed by atoms with Crippen molar-refractivity contribution in [2.75, 3.05) is 0 Å². The third kappa shape index (κ3) is 3.42. The molecule has 0 unspecified atom stereocenters. The summed E-state index contributed by atoms with van der Waals surface area (Å²) in [6, 6.07) is 6.28. The molecule has 0 saturated heterocycles. The van der Waals surface area contributed by atoms with Gasteiger partial charge in [0.2, 0.25) is 0 Å². The summed E-state index contributed by atoms with van der Waals surface area (Å²) in [4.78, 5) is 18.9. The predicted molar refractivity (Wildman–Crippen MR) is 104 cm³/mol. The number of hydrogen-bond donors (Lipinski definition) is 0. The average Bonchev–Trinajstić information content (AvgIpc) is 2.87. The summed E-state index contributed by atoms with van der Waals surface area (Å²) in [6.07, 6.45) is 1.94. The van der Waals surface area contributed by atoms with Crippen LogP contribution in [-0.4, -0.2) is 20.1 Å². The highest BCUT2D eigenvalue weighted by molar-refractivity contribution is 8.00. The third-order valence-corrected chi connectivity index (χ3v) is 6.66. The first-order chi connectivity index (χ1) is 11.4. The Morgan fingerprint density at radius 3 is 2.62 bits per heavy atom. The van der Waals surface area contributed by atoms with Crippen molar-refractivity contribution in [1.29, 1.82) is 0 Å². The van der Waals surface area contributed by atoms with Gasteiger partial charge in [-0.15, -0.1) is 11.8 Å². The van der Waals surface area contributed by atoms with Gasteiger partial charge in [-0.2, -0.15) is 0 Å². The number of rotatable bonds is 4. The Kier molecular flexibility index (Phi) is 5.11. The summed E-state index contributed by atoms with van der Waals surface area (Å²) >= 11 is 3.36. The monoisotopic (exact) mass is 360 g/mol. The largest absolute Gasteiger partial charge is 0.272 e. The molecule has 0 bridgehead atoms. The predicted octanol–water partition coefficient (Wildman–Crippen LogP) is 4.78. The van der Waals surface area contributed by atoms with Crippen LogP contribution in [0.2, 0.25) is 0 Å². The van der Waals surface area contributed by atoms with Crippen molar-refractivity contribution in [3.63, 3.8) is 0 Å². The van der Waals surface area contributed by atoms with E-state index in [9.17, 15) is 4.79 Å². The van der Waals surface area contributed by atoms with Crippen LogP contribution in [0, 0.1) is 13.8 Å². The second-order valence-electron chi connectivity index (χ2n) is 6.63. The molecule has 1 aromatic carbocycles. The number of hydrogen-bond acceptors (Lipinski definition) is 4. The van der Waals surface area contributed by atoms with Crippen molar-refractivity contribution in [2.24, 2.45) is 0 Å². The standard InChI is InChI=1S/C19H24N2OS2/c1-6-13(4)24-19-20-16-10-14(5)23-17(16)18(22)21(19)15-8-11(2)7-12(3)9-15/h7-9,13-14H,6,10H2,1-5H3/t13-,14+/m1/s1. The summed E-state index contributed by atoms with van der Waals surface area (Å²) in [7, 11) is 0. The average molecular weight is 361 g/mol. The van der Waals surface area contributed by atoms with E-state index in [4.69, 9.17) is 4.98 Å². The molecule has 2 aromatic rings. The van der Waals surface area contributed by atoms with Crippen molar-refractivity contribution in [1.82, 2.24) is 9.55 Å². The third-order valence-electron chi connectivity index (χ3n) is 4.23. The molecule has 24 heavy (non-hydrogen) atoms. The van der Waals surface area contributed by atoms with Crippen LogP contribution in [0.5, 0.6) is 0 Å². The molecule has 1 aliphatic heterocycles. The van der Waals surface area contributed by atoms with E-state index in [1.807, 2.05) is 4.57 Å². The van der Waals surface area contributed by atoms with Crippen LogP contribution < -0.4 is 5.56 Å². The number of thioether (sulfide) groups is 2. The van der Waals surface area contributed by atoms with E-state index >= 15 is 0 Å². The van der Waals surface area contributed by atoms with Crippen LogP contribution in [0.4, 0.5) is 0 Å². The summed E-state index contributed by atoms with van der Waals surface area (Å²) in [6.45, 7) is 10.7. The number of aryl methyl sites for hydroxylation is 2. The molecule has 0 saturated carbocycles. The Bertz CT molecular complexity index is 809. The minimum Gasteiger partial charge on any atom is -0.268 e. The van der Waals surface area contributed by atoms with Crippen LogP contribution in [0.25, 0.3) is 5.69 Å². The molecule has 0 fully saturated rings. The van der Waals surface area contributed by atoms with E-state index in [-0.39, 0.29) is 5.56 Å². The zero-order valence-corrected chi connectivity index (χ0v) is 16.6. The lowest BCUT2D eigenvalue weighted by atomic mass is 10.1. The highest BCUT2D eigenvalue weighted by Gasteiger charge is 2.27. The summed E-state index contributed by atoms with van der Waals surface area (Å²) in [5.74, 6) is 0. The molecule has 3 rings (SSSR count). The molecular formula is C19H24N2OS2. The Hall–Kier alpha value is -1.20. The van der Waals surface area contributed by atoms with Crippen molar-refractivity contribution in [2.45, 2.75) is 68.0 Å². The first-order valence-electron chi connectivity index (χ1n) is 8.47. The normalized spacial score (nSPS) is 17.8. The van der Waals surface area contributed by atoms with Gasteiger partial charge in [-0.1, -0.05) is 38.6 Å². The van der Waals surface area contributed by atoms with Gasteiger partial charge < -0.3 is 0 Å². The lowest BCUT2D eigenvalue weighted by molar-refractivity contribution is 0.725. The quantitative estimate of drug-likeness (QED) is 0.581. The molecule has 128 valence electrons. The molecule has 1 aromatic heterocycles. The zero-order valence-electron chi connectivity index (χ0n) is 14.9. The fourth-order valence-corrected chi connectivity index (χ4v) is 5.03. The second kappa shape index (κ2) is 6.96. The molecule has 0 amide bonds. The number of fused-ring (bicyclic) bond motifs is 1. The minimum absolute atomic E-state index is 0.0881. The van der Waals surface area contributed by atoms with Gasteiger partial charge in [0.25, 0.3) is 5.56 Å². The van der Waals surface area contributed by atoms with Crippen molar-refractivity contribution < 1.29 is 0 Å². The van der Waals surface area contributed by atoms with E-state index in [1.165, 1.54) is 0 Å². The van der Waals surface area contributed by atoms with Gasteiger partial charge in [0.1, 0.15) is 0 Å². The Balaban J connectivity index is 2.22. The first-order valence-corrected chi connectivity index (χ1v) is 10.2. The summed E-state index contributed by atoms with van der Waals surface area (Å²) in [5.41, 5.74) is 4.32. The Morgan fingerprint density at radius 2 is 2.00 bits per heavy atom. The maximum atomic E-state index is 13.2. The molecule has 0 N–H and O–H groups in total. The van der Waals surface area contributed by atoms with Crippen LogP contribution in [-0.2, 0) is 6.42 Å². The van der Waals surface area contributed by atoms with E-state index in [0.717, 1.165) is 45.4 Å². The van der Waals surface area contributed by atoms with Gasteiger partial charge in [-0.3, -0.25) is 9.36 Å². The van der Waals surface area contributed by atoms with Gasteiger partial charge in [0.15, 0.2) is 5.16 Å². The molecule has 5 heteroatoms. The van der Waals surface area contributed by atoms with Crippen molar-refractivity contribution in [3.8, 4) is 5.69 Å². The lowest BCUT2D eigenvalue weighted by Crippen LogP contribution is -2.24. The number of aromatic nitrogens is 2. The molecular weight excluding hydrogens is 336 g/mol. The van der Waals surface area contributed by atoms with Crippen molar-refractivity contribution >= 4 is 23.5 Å². The van der Waals surface area contributed by atoms with Crippen molar-refractivity contribution in [3.05, 3.63) is 45.4 Å². The fourth-order valence-electron chi connectivity index (χ4n) is 2.95. The Morgan fingerprint density at radius 1 is 1.33 bits per heavy atom. The molecule has 0 aliphatic carbocycles. The minimum atomic E-state index is 0.0881. The van der Waals surface area contributed by atoms with Gasteiger partial charge in [-0.25, -0.2) is 4.98 Å². The molecule has 1 aliphatic rings. The fraction of sp³-hybridized carbons (Fsp3) is 0.474. The lowest BCUT2D eigenvalue weighted by Gasteiger charge is -2.17. The summed E-state index contributed by atoms with van der Waals surface area (Å²) < 4.78 is 1.82. The molecule has 0 radical (unpaired) electrons. The molecule has 0 spiro atoms. The van der Waals surface area contributed by atoms with Gasteiger partial charge in [0.05, 0.1) is 16.3 Å². The number of nitrogens with zero attached hydrogens (tertiary/aromatic N) is 2.